The van der Waals surface area contributed by atoms with Crippen LogP contribution >= 0.6 is 15.9 Å². The number of aryl methyl sites for hydroxylation is 1. The predicted molar refractivity (Wildman–Crippen MR) is 97.0 cm³/mol. The zero-order valence-electron chi connectivity index (χ0n) is 13.0. The van der Waals surface area contributed by atoms with Gasteiger partial charge >= 0.3 is 0 Å². The van der Waals surface area contributed by atoms with Gasteiger partial charge in [0.2, 0.25) is 4.73 Å². The van der Waals surface area contributed by atoms with Gasteiger partial charge in [-0.2, -0.15) is 0 Å². The van der Waals surface area contributed by atoms with Crippen LogP contribution in [0.1, 0.15) is 25.3 Å². The molecule has 0 fully saturated rings. The Balaban J connectivity index is 1.92. The van der Waals surface area contributed by atoms with Gasteiger partial charge in [-0.1, -0.05) is 67.9 Å². The Bertz CT molecular complexity index is 770. The molecule has 3 aromatic rings. The van der Waals surface area contributed by atoms with E-state index in [2.05, 4.69) is 62.1 Å². The second-order valence-corrected chi connectivity index (χ2v) is 6.13. The van der Waals surface area contributed by atoms with Crippen LogP contribution in [-0.2, 0) is 6.42 Å². The lowest BCUT2D eigenvalue weighted by Gasteiger charge is -2.06. The molecule has 0 aliphatic heterocycles. The minimum Gasteiger partial charge on any atom is -0.208 e. The Morgan fingerprint density at radius 2 is 1.39 bits per heavy atom. The van der Waals surface area contributed by atoms with Gasteiger partial charge in [-0.15, -0.1) is 0 Å². The maximum Gasteiger partial charge on any atom is 0.200 e. The first-order valence-corrected chi connectivity index (χ1v) is 8.62. The van der Waals surface area contributed by atoms with E-state index in [1.165, 1.54) is 18.4 Å². The highest BCUT2D eigenvalue weighted by Crippen LogP contribution is 2.22. The number of nitrogens with zero attached hydrogens (tertiary/aromatic N) is 3. The molecule has 0 radical (unpaired) electrons. The predicted octanol–water partition coefficient (Wildman–Crippen LogP) is 5.31. The fourth-order valence-corrected chi connectivity index (χ4v) is 2.73. The molecule has 0 aliphatic carbocycles. The summed E-state index contributed by atoms with van der Waals surface area (Å²) >= 11 is 3.39. The third-order valence-electron chi connectivity index (χ3n) is 3.67. The maximum absolute atomic E-state index is 4.61. The summed E-state index contributed by atoms with van der Waals surface area (Å²) in [6.07, 6.45) is 3.55. The van der Waals surface area contributed by atoms with Crippen LogP contribution in [0.25, 0.3) is 22.8 Å². The Hall–Kier alpha value is -2.07. The van der Waals surface area contributed by atoms with Crippen molar-refractivity contribution in [2.75, 3.05) is 0 Å². The van der Waals surface area contributed by atoms with Gasteiger partial charge in [0.15, 0.2) is 11.6 Å². The van der Waals surface area contributed by atoms with Crippen molar-refractivity contribution in [1.29, 1.82) is 0 Å². The minimum atomic E-state index is 0.552. The molecule has 1 aromatic heterocycles. The summed E-state index contributed by atoms with van der Waals surface area (Å²) in [5, 5.41) is 0. The second kappa shape index (κ2) is 7.47. The third kappa shape index (κ3) is 4.02. The van der Waals surface area contributed by atoms with Crippen molar-refractivity contribution < 1.29 is 0 Å². The zero-order chi connectivity index (χ0) is 16.1. The molecule has 3 rings (SSSR count). The molecule has 1 heterocycles. The molecule has 0 bridgehead atoms. The van der Waals surface area contributed by atoms with Gasteiger partial charge in [0, 0.05) is 11.1 Å². The number of hydrogen-bond donors (Lipinski definition) is 0. The van der Waals surface area contributed by atoms with Crippen LogP contribution in [0.4, 0.5) is 0 Å². The van der Waals surface area contributed by atoms with Gasteiger partial charge in [0.1, 0.15) is 0 Å². The quantitative estimate of drug-likeness (QED) is 0.613. The Labute approximate surface area is 145 Å². The van der Waals surface area contributed by atoms with E-state index in [9.17, 15) is 0 Å². The summed E-state index contributed by atoms with van der Waals surface area (Å²) < 4.78 is 0.552. The van der Waals surface area contributed by atoms with Gasteiger partial charge in [-0.3, -0.25) is 0 Å². The van der Waals surface area contributed by atoms with E-state index < -0.39 is 0 Å². The number of rotatable bonds is 5. The molecule has 0 unspecified atom stereocenters. The Morgan fingerprint density at radius 1 is 0.783 bits per heavy atom. The molecule has 0 spiro atoms. The van der Waals surface area contributed by atoms with Crippen molar-refractivity contribution in [2.45, 2.75) is 26.2 Å². The average Bonchev–Trinajstić information content (AvgIpc) is 2.60. The molecular weight excluding hydrogens is 350 g/mol. The first kappa shape index (κ1) is 15.8. The van der Waals surface area contributed by atoms with Crippen molar-refractivity contribution in [1.82, 2.24) is 15.0 Å². The first-order valence-electron chi connectivity index (χ1n) is 7.82. The topological polar surface area (TPSA) is 38.7 Å². The molecule has 0 saturated carbocycles. The summed E-state index contributed by atoms with van der Waals surface area (Å²) in [7, 11) is 0. The van der Waals surface area contributed by atoms with Crippen LogP contribution in [0.5, 0.6) is 0 Å². The van der Waals surface area contributed by atoms with Crippen molar-refractivity contribution in [2.24, 2.45) is 0 Å². The van der Waals surface area contributed by atoms with Gasteiger partial charge in [0.05, 0.1) is 0 Å². The van der Waals surface area contributed by atoms with Crippen molar-refractivity contribution >= 4 is 15.9 Å². The summed E-state index contributed by atoms with van der Waals surface area (Å²) in [5.41, 5.74) is 3.34. The smallest absolute Gasteiger partial charge is 0.200 e. The molecule has 0 saturated heterocycles. The van der Waals surface area contributed by atoms with Gasteiger partial charge < -0.3 is 0 Å². The van der Waals surface area contributed by atoms with Gasteiger partial charge in [-0.05, 0) is 34.3 Å². The van der Waals surface area contributed by atoms with Gasteiger partial charge in [-0.25, -0.2) is 15.0 Å². The highest BCUT2D eigenvalue weighted by atomic mass is 79.9. The van der Waals surface area contributed by atoms with E-state index in [1.807, 2.05) is 30.3 Å². The van der Waals surface area contributed by atoms with Crippen LogP contribution in [0.15, 0.2) is 59.3 Å². The van der Waals surface area contributed by atoms with E-state index in [0.29, 0.717) is 16.4 Å². The summed E-state index contributed by atoms with van der Waals surface area (Å²) in [6.45, 7) is 2.21. The standard InChI is InChI=1S/C19H18BrN3/c1-2-3-7-14-10-12-16(13-11-14)18-21-17(22-19(20)23-18)15-8-5-4-6-9-15/h4-6,8-13H,2-3,7H2,1H3. The molecule has 2 aromatic carbocycles. The van der Waals surface area contributed by atoms with Crippen molar-refractivity contribution in [3.63, 3.8) is 0 Å². The Morgan fingerprint density at radius 3 is 2.00 bits per heavy atom. The van der Waals surface area contributed by atoms with E-state index >= 15 is 0 Å². The molecule has 0 N–H and O–H groups in total. The number of halogens is 1. The highest BCUT2D eigenvalue weighted by molar-refractivity contribution is 9.10. The first-order chi connectivity index (χ1) is 11.3. The van der Waals surface area contributed by atoms with E-state index in [1.54, 1.807) is 0 Å². The fourth-order valence-electron chi connectivity index (χ4n) is 2.40. The fraction of sp³-hybridized carbons (Fsp3) is 0.211. The second-order valence-electron chi connectivity index (χ2n) is 5.42. The van der Waals surface area contributed by atoms with E-state index in [4.69, 9.17) is 0 Å². The summed E-state index contributed by atoms with van der Waals surface area (Å²) in [4.78, 5) is 13.4. The largest absolute Gasteiger partial charge is 0.208 e. The summed E-state index contributed by atoms with van der Waals surface area (Å²) in [5.74, 6) is 1.37. The van der Waals surface area contributed by atoms with Gasteiger partial charge in [0.25, 0.3) is 0 Å². The SMILES string of the molecule is CCCCc1ccc(-c2nc(Br)nc(-c3ccccc3)n2)cc1. The average molecular weight is 368 g/mol. The van der Waals surface area contributed by atoms with Crippen LogP contribution in [0.2, 0.25) is 0 Å². The van der Waals surface area contributed by atoms with Crippen LogP contribution in [0, 0.1) is 0 Å². The van der Waals surface area contributed by atoms with Crippen molar-refractivity contribution in [3.8, 4) is 22.8 Å². The molecule has 116 valence electrons. The molecule has 3 nitrogen and oxygen atoms in total. The minimum absolute atomic E-state index is 0.552. The number of hydrogen-bond acceptors (Lipinski definition) is 3. The molecule has 0 atom stereocenters. The molecule has 0 aliphatic rings. The molecular formula is C19H18BrN3. The zero-order valence-corrected chi connectivity index (χ0v) is 14.6. The van der Waals surface area contributed by atoms with Crippen LogP contribution < -0.4 is 0 Å². The van der Waals surface area contributed by atoms with E-state index in [-0.39, 0.29) is 0 Å². The number of unbranched alkanes of at least 4 members (excludes halogenated alkanes) is 1. The highest BCUT2D eigenvalue weighted by Gasteiger charge is 2.08. The van der Waals surface area contributed by atoms with E-state index in [0.717, 1.165) is 17.5 Å². The number of aromatic nitrogens is 3. The lowest BCUT2D eigenvalue weighted by Crippen LogP contribution is -1.97. The van der Waals surface area contributed by atoms with Crippen molar-refractivity contribution in [3.05, 3.63) is 64.9 Å². The molecule has 0 amide bonds. The molecule has 4 heteroatoms. The molecule has 23 heavy (non-hydrogen) atoms. The lowest BCUT2D eigenvalue weighted by molar-refractivity contribution is 0.795. The summed E-state index contributed by atoms with van der Waals surface area (Å²) in [6, 6.07) is 18.4. The van der Waals surface area contributed by atoms with Crippen LogP contribution in [-0.4, -0.2) is 15.0 Å². The maximum atomic E-state index is 4.61. The normalized spacial score (nSPS) is 10.7. The Kier molecular flexibility index (Phi) is 5.13. The number of benzene rings is 2. The lowest BCUT2D eigenvalue weighted by atomic mass is 10.1. The monoisotopic (exact) mass is 367 g/mol. The van der Waals surface area contributed by atoms with Crippen LogP contribution in [0.3, 0.4) is 0 Å². The third-order valence-corrected chi connectivity index (χ3v) is 4.03.